The van der Waals surface area contributed by atoms with Crippen molar-refractivity contribution in [1.82, 2.24) is 14.6 Å². The van der Waals surface area contributed by atoms with Crippen LogP contribution in [0.25, 0.3) is 4.96 Å². The molecule has 0 atom stereocenters. The molecule has 68 valence electrons. The highest BCUT2D eigenvalue weighted by atomic mass is 32.1. The lowest BCUT2D eigenvalue weighted by atomic mass is 10.5. The summed E-state index contributed by atoms with van der Waals surface area (Å²) >= 11 is 1.23. The lowest BCUT2D eigenvalue weighted by molar-refractivity contribution is 0.890. The normalized spacial score (nSPS) is 10.6. The van der Waals surface area contributed by atoms with Gasteiger partial charge >= 0.3 is 0 Å². The number of aromatic nitrogens is 3. The number of nitrogens with two attached hydrogens (primary N) is 1. The summed E-state index contributed by atoms with van der Waals surface area (Å²) < 4.78 is 1.22. The van der Waals surface area contributed by atoms with Gasteiger partial charge in [-0.05, 0) is 6.92 Å². The van der Waals surface area contributed by atoms with Crippen molar-refractivity contribution in [2.75, 3.05) is 5.43 Å². The third-order valence-electron chi connectivity index (χ3n) is 1.50. The molecule has 0 saturated heterocycles. The minimum Gasteiger partial charge on any atom is -0.298 e. The largest absolute Gasteiger partial charge is 0.298 e. The molecule has 0 aliphatic carbocycles. The van der Waals surface area contributed by atoms with Gasteiger partial charge in [-0.15, -0.1) is 5.10 Å². The number of aryl methyl sites for hydroxylation is 1. The summed E-state index contributed by atoms with van der Waals surface area (Å²) in [5.41, 5.74) is 2.85. The van der Waals surface area contributed by atoms with Crippen LogP contribution in [0.1, 0.15) is 5.69 Å². The fraction of sp³-hybridized carbons (Fsp3) is 0.167. The van der Waals surface area contributed by atoms with Gasteiger partial charge in [-0.3, -0.25) is 10.2 Å². The van der Waals surface area contributed by atoms with Crippen LogP contribution in [0.3, 0.4) is 0 Å². The number of fused-ring (bicyclic) bond motifs is 1. The summed E-state index contributed by atoms with van der Waals surface area (Å²) in [6.07, 6.45) is 0. The van der Waals surface area contributed by atoms with Gasteiger partial charge in [0.25, 0.3) is 5.56 Å². The van der Waals surface area contributed by atoms with Gasteiger partial charge in [0.1, 0.15) is 0 Å². The van der Waals surface area contributed by atoms with E-state index in [9.17, 15) is 4.79 Å². The van der Waals surface area contributed by atoms with Gasteiger partial charge in [-0.1, -0.05) is 11.3 Å². The van der Waals surface area contributed by atoms with Crippen molar-refractivity contribution in [2.24, 2.45) is 5.84 Å². The molecule has 3 N–H and O–H groups in total. The number of hydrogen-bond donors (Lipinski definition) is 2. The average Bonchev–Trinajstić information content (AvgIpc) is 2.47. The first kappa shape index (κ1) is 8.14. The summed E-state index contributed by atoms with van der Waals surface area (Å²) in [5.74, 6) is 5.16. The van der Waals surface area contributed by atoms with Gasteiger partial charge in [0.05, 0.1) is 0 Å². The zero-order valence-electron chi connectivity index (χ0n) is 6.81. The fourth-order valence-corrected chi connectivity index (χ4v) is 1.74. The van der Waals surface area contributed by atoms with E-state index >= 15 is 0 Å². The van der Waals surface area contributed by atoms with E-state index in [1.165, 1.54) is 21.9 Å². The molecular formula is C6H7N5OS. The first-order valence-corrected chi connectivity index (χ1v) is 4.36. The van der Waals surface area contributed by atoms with Crippen molar-refractivity contribution >= 4 is 21.4 Å². The molecule has 13 heavy (non-hydrogen) atoms. The Morgan fingerprint density at radius 3 is 3.15 bits per heavy atom. The molecule has 0 spiro atoms. The zero-order chi connectivity index (χ0) is 9.42. The van der Waals surface area contributed by atoms with E-state index in [4.69, 9.17) is 5.84 Å². The maximum absolute atomic E-state index is 11.3. The Kier molecular flexibility index (Phi) is 1.74. The first-order valence-electron chi connectivity index (χ1n) is 3.55. The highest BCUT2D eigenvalue weighted by Crippen LogP contribution is 2.14. The molecule has 0 radical (unpaired) electrons. The smallest absolute Gasteiger partial charge is 0.275 e. The summed E-state index contributed by atoms with van der Waals surface area (Å²) in [5, 5.41) is 4.36. The SMILES string of the molecule is Cc1cc(=O)n2nc(NN)sc2n1. The standard InChI is InChI=1S/C6H7N5OS/c1-3-2-4(12)11-6(8-3)13-5(9-7)10-11/h2H,7H2,1H3,(H,9,10). The predicted octanol–water partition coefficient (Wildman–Crippen LogP) is -0.255. The van der Waals surface area contributed by atoms with Gasteiger partial charge in [-0.25, -0.2) is 10.8 Å². The molecule has 2 aromatic heterocycles. The lowest BCUT2D eigenvalue weighted by Crippen LogP contribution is -2.15. The Labute approximate surface area is 77.0 Å². The minimum atomic E-state index is -0.194. The van der Waals surface area contributed by atoms with Gasteiger partial charge in [0.15, 0.2) is 0 Å². The van der Waals surface area contributed by atoms with Crippen molar-refractivity contribution in [3.05, 3.63) is 22.1 Å². The third kappa shape index (κ3) is 1.27. The predicted molar refractivity (Wildman–Crippen MR) is 49.7 cm³/mol. The molecule has 0 fully saturated rings. The number of rotatable bonds is 1. The van der Waals surface area contributed by atoms with Crippen molar-refractivity contribution in [3.63, 3.8) is 0 Å². The van der Waals surface area contributed by atoms with Crippen LogP contribution in [-0.2, 0) is 0 Å². The van der Waals surface area contributed by atoms with E-state index in [1.807, 2.05) is 0 Å². The van der Waals surface area contributed by atoms with E-state index in [0.717, 1.165) is 0 Å². The Morgan fingerprint density at radius 1 is 1.69 bits per heavy atom. The molecule has 0 aliphatic heterocycles. The van der Waals surface area contributed by atoms with Crippen LogP contribution in [0, 0.1) is 6.92 Å². The highest BCUT2D eigenvalue weighted by Gasteiger charge is 2.05. The van der Waals surface area contributed by atoms with Crippen molar-refractivity contribution in [1.29, 1.82) is 0 Å². The Hall–Kier alpha value is -1.47. The molecule has 0 bridgehead atoms. The molecule has 2 heterocycles. The molecule has 0 aliphatic rings. The molecule has 0 saturated carbocycles. The van der Waals surface area contributed by atoms with E-state index < -0.39 is 0 Å². The van der Waals surface area contributed by atoms with Gasteiger partial charge in [0.2, 0.25) is 10.1 Å². The van der Waals surface area contributed by atoms with Crippen LogP contribution < -0.4 is 16.8 Å². The van der Waals surface area contributed by atoms with Crippen LogP contribution in [-0.4, -0.2) is 14.6 Å². The molecular weight excluding hydrogens is 190 g/mol. The third-order valence-corrected chi connectivity index (χ3v) is 2.34. The summed E-state index contributed by atoms with van der Waals surface area (Å²) in [4.78, 5) is 16.0. The Bertz CT molecular complexity index is 501. The summed E-state index contributed by atoms with van der Waals surface area (Å²) in [6.45, 7) is 1.76. The second-order valence-electron chi connectivity index (χ2n) is 2.48. The second-order valence-corrected chi connectivity index (χ2v) is 3.44. The zero-order valence-corrected chi connectivity index (χ0v) is 7.63. The Balaban J connectivity index is 2.83. The van der Waals surface area contributed by atoms with Gasteiger partial charge < -0.3 is 0 Å². The maximum atomic E-state index is 11.3. The van der Waals surface area contributed by atoms with E-state index in [1.54, 1.807) is 6.92 Å². The van der Waals surface area contributed by atoms with Gasteiger partial charge in [0, 0.05) is 11.8 Å². The second kappa shape index (κ2) is 2.79. The molecule has 0 aromatic carbocycles. The number of hydrazine groups is 1. The molecule has 2 aromatic rings. The quantitative estimate of drug-likeness (QED) is 0.486. The van der Waals surface area contributed by atoms with Gasteiger partial charge in [-0.2, -0.15) is 4.52 Å². The van der Waals surface area contributed by atoms with Crippen LogP contribution >= 0.6 is 11.3 Å². The van der Waals surface area contributed by atoms with Crippen molar-refractivity contribution < 1.29 is 0 Å². The van der Waals surface area contributed by atoms with E-state index in [2.05, 4.69) is 15.5 Å². The minimum absolute atomic E-state index is 0.194. The molecule has 0 amide bonds. The van der Waals surface area contributed by atoms with Crippen molar-refractivity contribution in [2.45, 2.75) is 6.92 Å². The molecule has 2 rings (SSSR count). The summed E-state index contributed by atoms with van der Waals surface area (Å²) in [7, 11) is 0. The van der Waals surface area contributed by atoms with E-state index in [-0.39, 0.29) is 5.56 Å². The van der Waals surface area contributed by atoms with Crippen LogP contribution in [0.2, 0.25) is 0 Å². The Morgan fingerprint density at radius 2 is 2.46 bits per heavy atom. The number of hydrogen-bond acceptors (Lipinski definition) is 6. The summed E-state index contributed by atoms with van der Waals surface area (Å²) in [6, 6.07) is 1.42. The van der Waals surface area contributed by atoms with Crippen LogP contribution in [0.5, 0.6) is 0 Å². The highest BCUT2D eigenvalue weighted by molar-refractivity contribution is 7.20. The number of nitrogens with one attached hydrogen (secondary N) is 1. The van der Waals surface area contributed by atoms with E-state index in [0.29, 0.717) is 15.8 Å². The number of nitrogen functional groups attached to an aromatic ring is 1. The monoisotopic (exact) mass is 197 g/mol. The maximum Gasteiger partial charge on any atom is 0.275 e. The van der Waals surface area contributed by atoms with Crippen LogP contribution in [0.4, 0.5) is 5.13 Å². The topological polar surface area (TPSA) is 85.3 Å². The lowest BCUT2D eigenvalue weighted by Gasteiger charge is -1.89. The molecule has 0 unspecified atom stereocenters. The van der Waals surface area contributed by atoms with Crippen molar-refractivity contribution in [3.8, 4) is 0 Å². The fourth-order valence-electron chi connectivity index (χ4n) is 0.979. The number of anilines is 1. The van der Waals surface area contributed by atoms with Crippen LogP contribution in [0.15, 0.2) is 10.9 Å². The first-order chi connectivity index (χ1) is 6.20. The number of nitrogens with zero attached hydrogens (tertiary/aromatic N) is 3. The molecule has 7 heteroatoms. The average molecular weight is 197 g/mol. The molecule has 6 nitrogen and oxygen atoms in total.